The van der Waals surface area contributed by atoms with Crippen molar-refractivity contribution in [3.63, 3.8) is 0 Å². The summed E-state index contributed by atoms with van der Waals surface area (Å²) >= 11 is 0. The molecule has 1 fully saturated rings. The number of nitrogens with zero attached hydrogens (tertiary/aromatic N) is 2. The molecular formula is C22H23F2N3O3. The first-order valence-corrected chi connectivity index (χ1v) is 9.78. The van der Waals surface area contributed by atoms with Crippen molar-refractivity contribution in [1.82, 2.24) is 10.2 Å². The molecule has 1 N–H and O–H groups in total. The molecule has 30 heavy (non-hydrogen) atoms. The third-order valence-electron chi connectivity index (χ3n) is 5.24. The number of carbonyl (C=O) groups is 1. The standard InChI is InChI=1S/C22H23F2N3O3/c1-22(23,24)14-7-8-19-17(11-14)26-21(16-5-3-4-6-18(16)30-19)27-10-9-25-15(13-27)12-20(28)29-2/h3-8,11,15,25H,9-10,12-13H2,1-2H3. The van der Waals surface area contributed by atoms with Crippen molar-refractivity contribution in [2.24, 2.45) is 4.99 Å². The Hall–Kier alpha value is -3.00. The van der Waals surface area contributed by atoms with Crippen LogP contribution in [-0.4, -0.2) is 49.5 Å². The van der Waals surface area contributed by atoms with Gasteiger partial charge in [-0.3, -0.25) is 4.79 Å². The van der Waals surface area contributed by atoms with Gasteiger partial charge in [-0.2, -0.15) is 0 Å². The van der Waals surface area contributed by atoms with Crippen LogP contribution in [0.3, 0.4) is 0 Å². The summed E-state index contributed by atoms with van der Waals surface area (Å²) < 4.78 is 38.6. The lowest BCUT2D eigenvalue weighted by atomic mass is 10.1. The molecule has 0 saturated carbocycles. The zero-order valence-electron chi connectivity index (χ0n) is 16.8. The van der Waals surface area contributed by atoms with E-state index >= 15 is 0 Å². The molecule has 8 heteroatoms. The Morgan fingerprint density at radius 3 is 2.87 bits per heavy atom. The molecule has 2 aromatic rings. The maximum Gasteiger partial charge on any atom is 0.307 e. The van der Waals surface area contributed by atoms with Gasteiger partial charge in [-0.15, -0.1) is 0 Å². The van der Waals surface area contributed by atoms with Gasteiger partial charge < -0.3 is 19.7 Å². The van der Waals surface area contributed by atoms with Gasteiger partial charge >= 0.3 is 5.97 Å². The molecule has 0 radical (unpaired) electrons. The van der Waals surface area contributed by atoms with Crippen molar-refractivity contribution in [3.05, 3.63) is 53.6 Å². The lowest BCUT2D eigenvalue weighted by molar-refractivity contribution is -0.141. The van der Waals surface area contributed by atoms with Crippen molar-refractivity contribution >= 4 is 17.5 Å². The van der Waals surface area contributed by atoms with Crippen molar-refractivity contribution in [1.29, 1.82) is 0 Å². The first kappa shape index (κ1) is 20.3. The quantitative estimate of drug-likeness (QED) is 0.773. The number of rotatable bonds is 3. The molecule has 6 nitrogen and oxygen atoms in total. The van der Waals surface area contributed by atoms with Crippen molar-refractivity contribution < 1.29 is 23.0 Å². The van der Waals surface area contributed by atoms with Gasteiger partial charge in [0.1, 0.15) is 17.3 Å². The maximum atomic E-state index is 13.9. The highest BCUT2D eigenvalue weighted by atomic mass is 19.3. The Labute approximate surface area is 173 Å². The Morgan fingerprint density at radius 2 is 2.10 bits per heavy atom. The summed E-state index contributed by atoms with van der Waals surface area (Å²) in [5.41, 5.74) is 1.00. The van der Waals surface area contributed by atoms with Crippen molar-refractivity contribution in [2.75, 3.05) is 26.7 Å². The SMILES string of the molecule is COC(=O)CC1CN(C2=Nc3cc(C(C)(F)F)ccc3Oc3ccccc32)CCN1. The van der Waals surface area contributed by atoms with Crippen molar-refractivity contribution in [2.45, 2.75) is 25.3 Å². The van der Waals surface area contributed by atoms with Crippen LogP contribution in [-0.2, 0) is 15.5 Å². The fourth-order valence-electron chi connectivity index (χ4n) is 3.68. The minimum atomic E-state index is -2.98. The third-order valence-corrected chi connectivity index (χ3v) is 5.24. The smallest absolute Gasteiger partial charge is 0.307 e. The molecule has 2 heterocycles. The summed E-state index contributed by atoms with van der Waals surface area (Å²) in [4.78, 5) is 18.5. The number of amidine groups is 1. The average Bonchev–Trinajstić information content (AvgIpc) is 2.89. The Morgan fingerprint density at radius 1 is 1.30 bits per heavy atom. The number of para-hydroxylation sites is 1. The molecular weight excluding hydrogens is 392 g/mol. The summed E-state index contributed by atoms with van der Waals surface area (Å²) in [6, 6.07) is 11.6. The molecule has 0 aromatic heterocycles. The maximum absolute atomic E-state index is 13.9. The molecule has 2 aliphatic heterocycles. The highest BCUT2D eigenvalue weighted by Crippen LogP contribution is 2.41. The van der Waals surface area contributed by atoms with Crippen LogP contribution < -0.4 is 10.1 Å². The van der Waals surface area contributed by atoms with E-state index in [1.165, 1.54) is 25.3 Å². The van der Waals surface area contributed by atoms with Gasteiger partial charge in [-0.25, -0.2) is 13.8 Å². The number of esters is 1. The molecule has 0 amide bonds. The molecule has 2 aliphatic rings. The van der Waals surface area contributed by atoms with Gasteiger partial charge in [-0.1, -0.05) is 12.1 Å². The normalized spacial score (nSPS) is 18.5. The molecule has 4 rings (SSSR count). The zero-order chi connectivity index (χ0) is 21.3. The van der Waals surface area contributed by atoms with E-state index in [4.69, 9.17) is 14.5 Å². The summed E-state index contributed by atoms with van der Waals surface area (Å²) in [7, 11) is 1.37. The first-order chi connectivity index (χ1) is 14.3. The molecule has 1 atom stereocenters. The van der Waals surface area contributed by atoms with E-state index in [0.29, 0.717) is 42.7 Å². The highest BCUT2D eigenvalue weighted by Gasteiger charge is 2.30. The second-order valence-electron chi connectivity index (χ2n) is 7.48. The Bertz CT molecular complexity index is 988. The summed E-state index contributed by atoms with van der Waals surface area (Å²) in [6.45, 7) is 2.70. The monoisotopic (exact) mass is 415 g/mol. The highest BCUT2D eigenvalue weighted by molar-refractivity contribution is 6.03. The average molecular weight is 415 g/mol. The predicted octanol–water partition coefficient (Wildman–Crippen LogP) is 3.82. The van der Waals surface area contributed by atoms with Crippen LogP contribution in [0.2, 0.25) is 0 Å². The van der Waals surface area contributed by atoms with Crippen LogP contribution in [0.1, 0.15) is 24.5 Å². The lowest BCUT2D eigenvalue weighted by Gasteiger charge is -2.35. The second-order valence-corrected chi connectivity index (χ2v) is 7.48. The van der Waals surface area contributed by atoms with E-state index in [1.807, 2.05) is 24.3 Å². The number of nitrogens with one attached hydrogen (secondary N) is 1. The van der Waals surface area contributed by atoms with E-state index in [9.17, 15) is 13.6 Å². The number of alkyl halides is 2. The summed E-state index contributed by atoms with van der Waals surface area (Å²) in [5, 5.41) is 3.31. The van der Waals surface area contributed by atoms with Crippen LogP contribution in [0.5, 0.6) is 11.5 Å². The number of benzene rings is 2. The topological polar surface area (TPSA) is 63.2 Å². The van der Waals surface area contributed by atoms with Crippen LogP contribution in [0.15, 0.2) is 47.5 Å². The number of carbonyl (C=O) groups excluding carboxylic acids is 1. The number of halogens is 2. The Kier molecular flexibility index (Phi) is 5.42. The van der Waals surface area contributed by atoms with Crippen LogP contribution >= 0.6 is 0 Å². The fraction of sp³-hybridized carbons (Fsp3) is 0.364. The first-order valence-electron chi connectivity index (χ1n) is 9.78. The minimum absolute atomic E-state index is 0.101. The molecule has 1 saturated heterocycles. The molecule has 0 spiro atoms. The van der Waals surface area contributed by atoms with E-state index in [1.54, 1.807) is 0 Å². The van der Waals surface area contributed by atoms with E-state index < -0.39 is 5.92 Å². The number of piperazine rings is 1. The van der Waals surface area contributed by atoms with Crippen LogP contribution in [0.25, 0.3) is 0 Å². The zero-order valence-corrected chi connectivity index (χ0v) is 16.8. The molecule has 1 unspecified atom stereocenters. The Balaban J connectivity index is 1.74. The van der Waals surface area contributed by atoms with E-state index in [2.05, 4.69) is 10.2 Å². The van der Waals surface area contributed by atoms with Gasteiger partial charge in [0, 0.05) is 38.2 Å². The van der Waals surface area contributed by atoms with Gasteiger partial charge in [0.05, 0.1) is 19.1 Å². The largest absolute Gasteiger partial charge is 0.469 e. The van der Waals surface area contributed by atoms with Crippen molar-refractivity contribution in [3.8, 4) is 11.5 Å². The molecule has 0 bridgehead atoms. The summed E-state index contributed by atoms with van der Waals surface area (Å²) in [6.07, 6.45) is 0.237. The number of methoxy groups -OCH3 is 1. The van der Waals surface area contributed by atoms with Gasteiger partial charge in [-0.05, 0) is 30.3 Å². The predicted molar refractivity (Wildman–Crippen MR) is 109 cm³/mol. The van der Waals surface area contributed by atoms with Crippen LogP contribution in [0.4, 0.5) is 14.5 Å². The molecule has 158 valence electrons. The van der Waals surface area contributed by atoms with Gasteiger partial charge in [0.15, 0.2) is 5.75 Å². The fourth-order valence-corrected chi connectivity index (χ4v) is 3.68. The molecule has 2 aromatic carbocycles. The number of hydrogen-bond acceptors (Lipinski definition) is 6. The lowest BCUT2D eigenvalue weighted by Crippen LogP contribution is -2.53. The third kappa shape index (κ3) is 4.14. The number of fused-ring (bicyclic) bond motifs is 2. The van der Waals surface area contributed by atoms with Gasteiger partial charge in [0.2, 0.25) is 0 Å². The number of ether oxygens (including phenoxy) is 2. The van der Waals surface area contributed by atoms with E-state index in [-0.39, 0.29) is 24.0 Å². The van der Waals surface area contributed by atoms with Gasteiger partial charge in [0.25, 0.3) is 5.92 Å². The number of hydrogen-bond donors (Lipinski definition) is 1. The summed E-state index contributed by atoms with van der Waals surface area (Å²) in [5.74, 6) is -1.61. The second kappa shape index (κ2) is 8.02. The minimum Gasteiger partial charge on any atom is -0.469 e. The molecule has 0 aliphatic carbocycles. The van der Waals surface area contributed by atoms with E-state index in [0.717, 1.165) is 12.5 Å². The number of aliphatic imine (C=N–C) groups is 1. The van der Waals surface area contributed by atoms with Crippen LogP contribution in [0, 0.1) is 0 Å².